The predicted octanol–water partition coefficient (Wildman–Crippen LogP) is 4.01. The Morgan fingerprint density at radius 3 is 2.46 bits per heavy atom. The molecule has 2 aromatic carbocycles. The molecule has 0 saturated heterocycles. The number of hydrogen-bond acceptors (Lipinski definition) is 5. The first kappa shape index (κ1) is 18.8. The van der Waals surface area contributed by atoms with Crippen LogP contribution in [0.3, 0.4) is 0 Å². The van der Waals surface area contributed by atoms with E-state index in [0.717, 1.165) is 9.87 Å². The van der Waals surface area contributed by atoms with Crippen molar-refractivity contribution in [1.29, 1.82) is 0 Å². The first-order valence-electron chi connectivity index (χ1n) is 7.61. The highest BCUT2D eigenvalue weighted by Crippen LogP contribution is 2.21. The van der Waals surface area contributed by atoms with Crippen LogP contribution < -0.4 is 0 Å². The molecular weight excluding hydrogens is 397 g/mol. The molecule has 0 bridgehead atoms. The van der Waals surface area contributed by atoms with E-state index in [2.05, 4.69) is 10.1 Å². The van der Waals surface area contributed by atoms with Gasteiger partial charge in [-0.25, -0.2) is 8.42 Å². The number of rotatable bonds is 6. The van der Waals surface area contributed by atoms with Crippen LogP contribution in [0.15, 0.2) is 53.1 Å². The molecule has 0 radical (unpaired) electrons. The summed E-state index contributed by atoms with van der Waals surface area (Å²) in [5.74, 6) is 0.357. The van der Waals surface area contributed by atoms with Crippen LogP contribution in [-0.4, -0.2) is 29.9 Å². The molecule has 0 fully saturated rings. The largest absolute Gasteiger partial charge is 0.338 e. The second-order valence-corrected chi connectivity index (χ2v) is 8.54. The molecule has 0 aliphatic rings. The van der Waals surface area contributed by atoms with Crippen molar-refractivity contribution < 1.29 is 12.9 Å². The number of sulfonamides is 1. The molecule has 0 unspecified atom stereocenters. The second kappa shape index (κ2) is 7.75. The van der Waals surface area contributed by atoms with Crippen LogP contribution in [0, 0.1) is 0 Å². The highest BCUT2D eigenvalue weighted by atomic mass is 35.5. The smallest absolute Gasteiger partial charge is 0.242 e. The van der Waals surface area contributed by atoms with Crippen LogP contribution in [0.2, 0.25) is 10.0 Å². The lowest BCUT2D eigenvalue weighted by Gasteiger charge is -2.15. The summed E-state index contributed by atoms with van der Waals surface area (Å²) in [7, 11) is -2.13. The third-order valence-electron chi connectivity index (χ3n) is 3.70. The maximum Gasteiger partial charge on any atom is 0.242 e. The average molecular weight is 412 g/mol. The molecule has 3 aromatic rings. The molecule has 26 heavy (non-hydrogen) atoms. The minimum absolute atomic E-state index is 0.0343. The fourth-order valence-corrected chi connectivity index (χ4v) is 3.83. The zero-order valence-electron chi connectivity index (χ0n) is 13.8. The van der Waals surface area contributed by atoms with Crippen molar-refractivity contribution in [2.24, 2.45) is 0 Å². The summed E-state index contributed by atoms with van der Waals surface area (Å²) in [5, 5.41) is 4.89. The van der Waals surface area contributed by atoms with E-state index in [1.165, 1.54) is 7.05 Å². The third-order valence-corrected chi connectivity index (χ3v) is 6.07. The van der Waals surface area contributed by atoms with Crippen molar-refractivity contribution in [2.75, 3.05) is 7.05 Å². The maximum atomic E-state index is 12.5. The summed E-state index contributed by atoms with van der Waals surface area (Å²) < 4.78 is 31.4. The summed E-state index contributed by atoms with van der Waals surface area (Å²) in [6.45, 7) is -0.0343. The fraction of sp³-hybridized carbons (Fsp3) is 0.176. The lowest BCUT2D eigenvalue weighted by molar-refractivity contribution is 0.336. The van der Waals surface area contributed by atoms with Crippen molar-refractivity contribution in [3.8, 4) is 11.4 Å². The Morgan fingerprint density at radius 1 is 1.08 bits per heavy atom. The maximum absolute atomic E-state index is 12.5. The first-order valence-corrected chi connectivity index (χ1v) is 9.97. The summed E-state index contributed by atoms with van der Waals surface area (Å²) in [6.07, 6.45) is 0. The van der Waals surface area contributed by atoms with Gasteiger partial charge < -0.3 is 4.52 Å². The third kappa shape index (κ3) is 4.42. The quantitative estimate of drug-likeness (QED) is 0.612. The van der Waals surface area contributed by atoms with E-state index in [1.807, 2.05) is 0 Å². The van der Waals surface area contributed by atoms with E-state index in [1.54, 1.807) is 48.5 Å². The second-order valence-electron chi connectivity index (χ2n) is 5.62. The van der Waals surface area contributed by atoms with Crippen LogP contribution >= 0.6 is 23.2 Å². The van der Waals surface area contributed by atoms with E-state index < -0.39 is 10.0 Å². The topological polar surface area (TPSA) is 76.3 Å². The molecule has 136 valence electrons. The normalized spacial score (nSPS) is 11.8. The Morgan fingerprint density at radius 2 is 1.77 bits per heavy atom. The standard InChI is InChI=1S/C17H15Cl2N3O3S/c1-22(26(23,24)11-13-4-2-3-5-15(13)19)10-16-20-17(21-25-16)12-6-8-14(18)9-7-12/h2-9H,10-11H2,1H3. The Bertz CT molecular complexity index is 1000. The molecule has 6 nitrogen and oxygen atoms in total. The molecular formula is C17H15Cl2N3O3S. The molecule has 0 N–H and O–H groups in total. The molecule has 0 aliphatic carbocycles. The first-order chi connectivity index (χ1) is 12.3. The van der Waals surface area contributed by atoms with Gasteiger partial charge in [0.2, 0.25) is 21.7 Å². The van der Waals surface area contributed by atoms with Gasteiger partial charge in [0.1, 0.15) is 0 Å². The summed E-state index contributed by atoms with van der Waals surface area (Å²) in [6, 6.07) is 13.8. The van der Waals surface area contributed by atoms with Crippen molar-refractivity contribution in [2.45, 2.75) is 12.3 Å². The van der Waals surface area contributed by atoms with Gasteiger partial charge in [0.05, 0.1) is 12.3 Å². The van der Waals surface area contributed by atoms with Crippen molar-refractivity contribution in [1.82, 2.24) is 14.4 Å². The number of hydrogen-bond donors (Lipinski definition) is 0. The molecule has 9 heteroatoms. The molecule has 0 saturated carbocycles. The molecule has 0 aliphatic heterocycles. The van der Waals surface area contributed by atoms with Crippen molar-refractivity contribution >= 4 is 33.2 Å². The van der Waals surface area contributed by atoms with E-state index in [4.69, 9.17) is 27.7 Å². The highest BCUT2D eigenvalue weighted by molar-refractivity contribution is 7.88. The highest BCUT2D eigenvalue weighted by Gasteiger charge is 2.22. The van der Waals surface area contributed by atoms with Crippen molar-refractivity contribution in [3.05, 3.63) is 70.0 Å². The van der Waals surface area contributed by atoms with Gasteiger partial charge >= 0.3 is 0 Å². The van der Waals surface area contributed by atoms with E-state index >= 15 is 0 Å². The van der Waals surface area contributed by atoms with E-state index in [9.17, 15) is 8.42 Å². The Kier molecular flexibility index (Phi) is 5.62. The van der Waals surface area contributed by atoms with Gasteiger partial charge in [0.25, 0.3) is 0 Å². The zero-order chi connectivity index (χ0) is 18.7. The van der Waals surface area contributed by atoms with Crippen LogP contribution in [0.4, 0.5) is 0 Å². The van der Waals surface area contributed by atoms with Gasteiger partial charge in [-0.3, -0.25) is 0 Å². The lowest BCUT2D eigenvalue weighted by Crippen LogP contribution is -2.28. The van der Waals surface area contributed by atoms with Crippen LogP contribution in [0.25, 0.3) is 11.4 Å². The van der Waals surface area contributed by atoms with Gasteiger partial charge in [-0.2, -0.15) is 9.29 Å². The van der Waals surface area contributed by atoms with E-state index in [0.29, 0.717) is 21.4 Å². The molecule has 0 atom stereocenters. The minimum Gasteiger partial charge on any atom is -0.338 e. The molecule has 1 aromatic heterocycles. The summed E-state index contributed by atoms with van der Waals surface area (Å²) >= 11 is 11.9. The summed E-state index contributed by atoms with van der Waals surface area (Å²) in [5.41, 5.74) is 1.26. The molecule has 1 heterocycles. The summed E-state index contributed by atoms with van der Waals surface area (Å²) in [4.78, 5) is 4.24. The number of benzene rings is 2. The molecule has 0 amide bonds. The van der Waals surface area contributed by atoms with Gasteiger partial charge in [-0.05, 0) is 35.9 Å². The number of halogens is 2. The monoisotopic (exact) mass is 411 g/mol. The number of nitrogens with zero attached hydrogens (tertiary/aromatic N) is 3. The predicted molar refractivity (Wildman–Crippen MR) is 100 cm³/mol. The van der Waals surface area contributed by atoms with Gasteiger partial charge in [0.15, 0.2) is 0 Å². The Labute approximate surface area is 161 Å². The number of aromatic nitrogens is 2. The Hall–Kier alpha value is -1.93. The van der Waals surface area contributed by atoms with Crippen LogP contribution in [0.5, 0.6) is 0 Å². The van der Waals surface area contributed by atoms with Gasteiger partial charge in [0, 0.05) is 22.7 Å². The zero-order valence-corrected chi connectivity index (χ0v) is 16.1. The van der Waals surface area contributed by atoms with Crippen LogP contribution in [-0.2, 0) is 22.3 Å². The van der Waals surface area contributed by atoms with Crippen LogP contribution in [0.1, 0.15) is 11.5 Å². The average Bonchev–Trinajstić information content (AvgIpc) is 3.06. The van der Waals surface area contributed by atoms with Crippen molar-refractivity contribution in [3.63, 3.8) is 0 Å². The SMILES string of the molecule is CN(Cc1nc(-c2ccc(Cl)cc2)no1)S(=O)(=O)Cc1ccccc1Cl. The lowest BCUT2D eigenvalue weighted by atomic mass is 10.2. The minimum atomic E-state index is -3.59. The molecule has 3 rings (SSSR count). The fourth-order valence-electron chi connectivity index (χ4n) is 2.25. The van der Waals surface area contributed by atoms with Gasteiger partial charge in [-0.1, -0.05) is 46.6 Å². The Balaban J connectivity index is 1.72. The molecule has 0 spiro atoms. The van der Waals surface area contributed by atoms with E-state index in [-0.39, 0.29) is 18.2 Å². The van der Waals surface area contributed by atoms with Gasteiger partial charge in [-0.15, -0.1) is 0 Å².